The van der Waals surface area contributed by atoms with Crippen LogP contribution >= 0.6 is 0 Å². The van der Waals surface area contributed by atoms with E-state index in [1.165, 1.54) is 31.9 Å². The molecule has 1 unspecified atom stereocenters. The zero-order valence-electron chi connectivity index (χ0n) is 10.5. The lowest BCUT2D eigenvalue weighted by Crippen LogP contribution is -2.29. The molecule has 92 valence electrons. The normalized spacial score (nSPS) is 14.5. The molecule has 4 heteroatoms. The van der Waals surface area contributed by atoms with Crippen LogP contribution in [0, 0.1) is 5.92 Å². The lowest BCUT2D eigenvalue weighted by Gasteiger charge is -2.20. The Morgan fingerprint density at radius 1 is 1.27 bits per heavy atom. The monoisotopic (exact) mass is 235 g/mol. The molecule has 15 heavy (non-hydrogen) atoms. The van der Waals surface area contributed by atoms with E-state index in [1.807, 2.05) is 11.9 Å². The maximum Gasteiger partial charge on any atom is 0.160 e. The zero-order valence-corrected chi connectivity index (χ0v) is 11.3. The molecule has 1 atom stereocenters. The van der Waals surface area contributed by atoms with Crippen molar-refractivity contribution in [3.05, 3.63) is 0 Å². The van der Waals surface area contributed by atoms with Gasteiger partial charge in [-0.3, -0.25) is 4.90 Å². The average Bonchev–Trinajstić information content (AvgIpc) is 2.00. The summed E-state index contributed by atoms with van der Waals surface area (Å²) in [6.07, 6.45) is 6.25. The van der Waals surface area contributed by atoms with E-state index in [4.69, 9.17) is 0 Å². The van der Waals surface area contributed by atoms with Crippen LogP contribution in [0.1, 0.15) is 39.5 Å². The Kier molecular flexibility index (Phi) is 7.18. The third-order valence-electron chi connectivity index (χ3n) is 2.38. The van der Waals surface area contributed by atoms with Crippen molar-refractivity contribution in [2.24, 2.45) is 5.92 Å². The van der Waals surface area contributed by atoms with Gasteiger partial charge in [-0.1, -0.05) is 33.1 Å². The van der Waals surface area contributed by atoms with Gasteiger partial charge < -0.3 is 0 Å². The SMILES string of the molecule is CCCCCC(C)CN(C)CS(C)(=O)=O. The summed E-state index contributed by atoms with van der Waals surface area (Å²) in [5.74, 6) is 0.758. The number of unbranched alkanes of at least 4 members (excludes halogenated alkanes) is 2. The third-order valence-corrected chi connectivity index (χ3v) is 3.29. The molecule has 3 nitrogen and oxygen atoms in total. The molecule has 0 aromatic carbocycles. The Hall–Kier alpha value is -0.0900. The van der Waals surface area contributed by atoms with Crippen LogP contribution in [-0.4, -0.2) is 39.0 Å². The van der Waals surface area contributed by atoms with Gasteiger partial charge in [0.25, 0.3) is 0 Å². The van der Waals surface area contributed by atoms with Crippen LogP contribution in [0.4, 0.5) is 0 Å². The molecule has 0 aliphatic carbocycles. The Morgan fingerprint density at radius 2 is 1.87 bits per heavy atom. The fourth-order valence-corrected chi connectivity index (χ4v) is 2.73. The first-order valence-corrected chi connectivity index (χ1v) is 7.77. The fraction of sp³-hybridized carbons (Fsp3) is 1.00. The number of hydrogen-bond donors (Lipinski definition) is 0. The number of hydrogen-bond acceptors (Lipinski definition) is 3. The highest BCUT2D eigenvalue weighted by molar-refractivity contribution is 7.90. The van der Waals surface area contributed by atoms with Crippen LogP contribution in [-0.2, 0) is 9.84 Å². The van der Waals surface area contributed by atoms with Crippen molar-refractivity contribution in [2.45, 2.75) is 39.5 Å². The Bertz CT molecular complexity index is 249. The maximum absolute atomic E-state index is 11.0. The van der Waals surface area contributed by atoms with Gasteiger partial charge in [-0.2, -0.15) is 0 Å². The summed E-state index contributed by atoms with van der Waals surface area (Å²) in [7, 11) is -0.996. The molecule has 0 amide bonds. The van der Waals surface area contributed by atoms with Crippen molar-refractivity contribution in [1.29, 1.82) is 0 Å². The molecule has 0 aliphatic heterocycles. The minimum absolute atomic E-state index is 0.172. The number of sulfone groups is 1. The van der Waals surface area contributed by atoms with Gasteiger partial charge >= 0.3 is 0 Å². The van der Waals surface area contributed by atoms with E-state index in [1.54, 1.807) is 0 Å². The number of nitrogens with zero attached hydrogens (tertiary/aromatic N) is 1. The Morgan fingerprint density at radius 3 is 2.33 bits per heavy atom. The first-order chi connectivity index (χ1) is 6.85. The van der Waals surface area contributed by atoms with Gasteiger partial charge in [-0.25, -0.2) is 8.42 Å². The molecule has 0 radical (unpaired) electrons. The molecule has 0 rings (SSSR count). The van der Waals surface area contributed by atoms with E-state index in [-0.39, 0.29) is 5.88 Å². The molecule has 0 saturated heterocycles. The van der Waals surface area contributed by atoms with E-state index in [2.05, 4.69) is 13.8 Å². The van der Waals surface area contributed by atoms with Gasteiger partial charge in [0.15, 0.2) is 9.84 Å². The standard InChI is InChI=1S/C11H25NO2S/c1-5-6-7-8-11(2)9-12(3)10-15(4,13)14/h11H,5-10H2,1-4H3. The second kappa shape index (κ2) is 7.23. The second-order valence-electron chi connectivity index (χ2n) is 4.69. The first-order valence-electron chi connectivity index (χ1n) is 5.71. The highest BCUT2D eigenvalue weighted by atomic mass is 32.2. The molecule has 0 bridgehead atoms. The van der Waals surface area contributed by atoms with Crippen molar-refractivity contribution in [1.82, 2.24) is 4.90 Å². The minimum Gasteiger partial charge on any atom is -0.293 e. The largest absolute Gasteiger partial charge is 0.293 e. The van der Waals surface area contributed by atoms with Crippen LogP contribution in [0.25, 0.3) is 0 Å². The molecular formula is C11H25NO2S. The van der Waals surface area contributed by atoms with E-state index in [0.29, 0.717) is 5.92 Å². The van der Waals surface area contributed by atoms with E-state index < -0.39 is 9.84 Å². The summed E-state index contributed by atoms with van der Waals surface area (Å²) in [4.78, 5) is 1.89. The number of rotatable bonds is 8. The molecule has 0 fully saturated rings. The summed E-state index contributed by atoms with van der Waals surface area (Å²) in [5, 5.41) is 0. The predicted molar refractivity (Wildman–Crippen MR) is 65.6 cm³/mol. The molecule has 0 spiro atoms. The lowest BCUT2D eigenvalue weighted by molar-refractivity contribution is 0.307. The molecule has 0 aromatic rings. The molecule has 0 heterocycles. The molecular weight excluding hydrogens is 210 g/mol. The third kappa shape index (κ3) is 10.2. The van der Waals surface area contributed by atoms with Crippen LogP contribution in [0.5, 0.6) is 0 Å². The summed E-state index contributed by atoms with van der Waals surface area (Å²) < 4.78 is 22.1. The van der Waals surface area contributed by atoms with E-state index in [0.717, 1.165) is 6.54 Å². The topological polar surface area (TPSA) is 37.4 Å². The van der Waals surface area contributed by atoms with Crippen LogP contribution < -0.4 is 0 Å². The molecule has 0 N–H and O–H groups in total. The second-order valence-corrected chi connectivity index (χ2v) is 6.80. The van der Waals surface area contributed by atoms with Crippen molar-refractivity contribution < 1.29 is 8.42 Å². The van der Waals surface area contributed by atoms with Crippen LogP contribution in [0.3, 0.4) is 0 Å². The Labute approximate surface area is 94.8 Å². The van der Waals surface area contributed by atoms with Gasteiger partial charge in [0.2, 0.25) is 0 Å². The summed E-state index contributed by atoms with van der Waals surface area (Å²) in [6, 6.07) is 0. The maximum atomic E-state index is 11.0. The first kappa shape index (κ1) is 14.9. The summed E-state index contributed by atoms with van der Waals surface area (Å²) >= 11 is 0. The summed E-state index contributed by atoms with van der Waals surface area (Å²) in [5.41, 5.74) is 0. The van der Waals surface area contributed by atoms with Crippen LogP contribution in [0.2, 0.25) is 0 Å². The van der Waals surface area contributed by atoms with Crippen molar-refractivity contribution in [2.75, 3.05) is 25.7 Å². The predicted octanol–water partition coefficient (Wildman–Crippen LogP) is 2.14. The smallest absolute Gasteiger partial charge is 0.160 e. The molecule has 0 saturated carbocycles. The lowest BCUT2D eigenvalue weighted by atomic mass is 10.0. The minimum atomic E-state index is -2.87. The molecule has 0 aliphatic rings. The Balaban J connectivity index is 3.71. The van der Waals surface area contributed by atoms with Gasteiger partial charge in [0, 0.05) is 12.8 Å². The zero-order chi connectivity index (χ0) is 11.9. The summed E-state index contributed by atoms with van der Waals surface area (Å²) in [6.45, 7) is 5.26. The quantitative estimate of drug-likeness (QED) is 0.605. The van der Waals surface area contributed by atoms with Gasteiger partial charge in [-0.05, 0) is 19.4 Å². The van der Waals surface area contributed by atoms with Gasteiger partial charge in [0.05, 0.1) is 0 Å². The van der Waals surface area contributed by atoms with Gasteiger partial charge in [0.1, 0.15) is 5.88 Å². The average molecular weight is 235 g/mol. The highest BCUT2D eigenvalue weighted by Gasteiger charge is 2.10. The van der Waals surface area contributed by atoms with E-state index >= 15 is 0 Å². The van der Waals surface area contributed by atoms with Crippen molar-refractivity contribution in [3.63, 3.8) is 0 Å². The van der Waals surface area contributed by atoms with E-state index in [9.17, 15) is 8.42 Å². The fourth-order valence-electron chi connectivity index (χ4n) is 1.82. The van der Waals surface area contributed by atoms with Gasteiger partial charge in [-0.15, -0.1) is 0 Å². The van der Waals surface area contributed by atoms with Crippen LogP contribution in [0.15, 0.2) is 0 Å². The van der Waals surface area contributed by atoms with Crippen molar-refractivity contribution >= 4 is 9.84 Å². The molecule has 0 aromatic heterocycles. The van der Waals surface area contributed by atoms with Crippen molar-refractivity contribution in [3.8, 4) is 0 Å². The highest BCUT2D eigenvalue weighted by Crippen LogP contribution is 2.10.